The lowest BCUT2D eigenvalue weighted by Crippen LogP contribution is -1.93. The summed E-state index contributed by atoms with van der Waals surface area (Å²) in [5.74, 6) is 4.04. The van der Waals surface area contributed by atoms with E-state index in [1.54, 1.807) is 0 Å². The molecule has 0 saturated carbocycles. The van der Waals surface area contributed by atoms with Gasteiger partial charge in [0.2, 0.25) is 0 Å². The SMILES string of the molecule is NOP(=O)(O)O.O.O.O.O.O.O.[MgH2]. The lowest BCUT2D eigenvalue weighted by molar-refractivity contribution is 0.201. The van der Waals surface area contributed by atoms with Crippen LogP contribution < -0.4 is 5.90 Å². The van der Waals surface area contributed by atoms with Crippen LogP contribution in [-0.2, 0) is 9.19 Å². The Morgan fingerprint density at radius 2 is 1.00 bits per heavy atom. The Hall–Kier alpha value is 0.596. The highest BCUT2D eigenvalue weighted by molar-refractivity contribution is 7.46. The summed E-state index contributed by atoms with van der Waals surface area (Å²) in [5, 5.41) is 0. The molecule has 0 aliphatic heterocycles. The van der Waals surface area contributed by atoms with Crippen LogP contribution in [0.3, 0.4) is 0 Å². The van der Waals surface area contributed by atoms with Crippen LogP contribution in [0.2, 0.25) is 0 Å². The van der Waals surface area contributed by atoms with Gasteiger partial charge in [0.25, 0.3) is 0 Å². The zero-order valence-corrected chi connectivity index (χ0v) is 6.63. The van der Waals surface area contributed by atoms with E-state index in [2.05, 4.69) is 10.5 Å². The highest BCUT2D eigenvalue weighted by Gasteiger charge is 2.08. The average molecular weight is 247 g/mol. The Balaban J connectivity index is -0.00000000595. The fourth-order valence-corrected chi connectivity index (χ4v) is 0. The maximum Gasteiger partial charge on any atom is 0.485 e. The molecule has 16 N–H and O–H groups in total. The molecule has 13 heteroatoms. The van der Waals surface area contributed by atoms with Gasteiger partial charge >= 0.3 is 30.9 Å². The first-order valence-corrected chi connectivity index (χ1v) is 2.53. The number of hydrogen-bond donors (Lipinski definition) is 3. The maximum absolute atomic E-state index is 9.35. The summed E-state index contributed by atoms with van der Waals surface area (Å²) in [4.78, 5) is 15.2. The highest BCUT2D eigenvalue weighted by atomic mass is 31.2. The molecule has 11 nitrogen and oxygen atoms in total. The van der Waals surface area contributed by atoms with Crippen molar-refractivity contribution in [1.29, 1.82) is 0 Å². The molecule has 0 saturated heterocycles. The molecular formula is H18MgNO10P. The van der Waals surface area contributed by atoms with Crippen molar-refractivity contribution in [2.75, 3.05) is 0 Å². The standard InChI is InChI=1S/Mg.H4NO4P.6H2O.2H/c;1-5-6(2,3)4;;;;;;;;/h;1H2,(H2,2,3,4);6*1H2;;. The normalized spacial score (nSPS) is 5.46. The smallest absolute Gasteiger partial charge is 0.412 e. The minimum atomic E-state index is -4.37. The fraction of sp³-hybridized carbons (Fsp3) is 0. The highest BCUT2D eigenvalue weighted by Crippen LogP contribution is 2.32. The second-order valence-electron chi connectivity index (χ2n) is 0.596. The van der Waals surface area contributed by atoms with Crippen LogP contribution in [-0.4, -0.2) is 65.7 Å². The van der Waals surface area contributed by atoms with Crippen LogP contribution in [0, 0.1) is 0 Å². The first kappa shape index (κ1) is 68.9. The van der Waals surface area contributed by atoms with Crippen molar-refractivity contribution >= 4 is 30.9 Å². The number of phosphoric acid groups is 1. The van der Waals surface area contributed by atoms with Gasteiger partial charge in [-0.3, -0.25) is 0 Å². The van der Waals surface area contributed by atoms with Gasteiger partial charge in [0, 0.05) is 0 Å². The first-order chi connectivity index (χ1) is 2.56. The topological polar surface area (TPSA) is 282 Å². The molecule has 0 spiro atoms. The second kappa shape index (κ2) is 29.4. The summed E-state index contributed by atoms with van der Waals surface area (Å²) in [6, 6.07) is 0. The summed E-state index contributed by atoms with van der Waals surface area (Å²) >= 11 is 0. The predicted molar refractivity (Wildman–Crippen MR) is 47.5 cm³/mol. The van der Waals surface area contributed by atoms with E-state index in [9.17, 15) is 4.57 Å². The fourth-order valence-electron chi connectivity index (χ4n) is 0. The van der Waals surface area contributed by atoms with Crippen LogP contribution in [0.4, 0.5) is 0 Å². The minimum absolute atomic E-state index is 0. The van der Waals surface area contributed by atoms with E-state index < -0.39 is 7.82 Å². The Labute approximate surface area is 89.1 Å². The summed E-state index contributed by atoms with van der Waals surface area (Å²) in [7, 11) is -4.37. The minimum Gasteiger partial charge on any atom is -0.412 e. The monoisotopic (exact) mass is 247 g/mol. The molecule has 0 aromatic carbocycles. The molecule has 0 fully saturated rings. The van der Waals surface area contributed by atoms with Crippen LogP contribution in [0.1, 0.15) is 0 Å². The van der Waals surface area contributed by atoms with Gasteiger partial charge in [0.1, 0.15) is 0 Å². The van der Waals surface area contributed by atoms with Crippen molar-refractivity contribution in [3.63, 3.8) is 0 Å². The van der Waals surface area contributed by atoms with E-state index in [4.69, 9.17) is 9.79 Å². The van der Waals surface area contributed by atoms with Crippen LogP contribution in [0.25, 0.3) is 0 Å². The molecule has 0 aromatic rings. The van der Waals surface area contributed by atoms with E-state index in [-0.39, 0.29) is 55.9 Å². The zero-order chi connectivity index (χ0) is 5.21. The lowest BCUT2D eigenvalue weighted by atomic mass is 13.6. The molecule has 0 bridgehead atoms. The van der Waals surface area contributed by atoms with E-state index in [0.717, 1.165) is 0 Å². The molecule has 0 heterocycles. The Morgan fingerprint density at radius 1 is 0.923 bits per heavy atom. The number of rotatable bonds is 1. The van der Waals surface area contributed by atoms with Gasteiger partial charge < -0.3 is 42.6 Å². The van der Waals surface area contributed by atoms with Crippen molar-refractivity contribution < 1.29 is 51.8 Å². The molecule has 90 valence electrons. The summed E-state index contributed by atoms with van der Waals surface area (Å²) in [6.45, 7) is 0. The number of nitrogens with two attached hydrogens (primary N) is 1. The van der Waals surface area contributed by atoms with Crippen molar-refractivity contribution in [1.82, 2.24) is 0 Å². The molecule has 0 amide bonds. The largest absolute Gasteiger partial charge is 0.485 e. The quantitative estimate of drug-likeness (QED) is 0.230. The van der Waals surface area contributed by atoms with Gasteiger partial charge in [0.15, 0.2) is 0 Å². The van der Waals surface area contributed by atoms with Crippen molar-refractivity contribution in [3.8, 4) is 0 Å². The van der Waals surface area contributed by atoms with Gasteiger partial charge in [-0.2, -0.15) is 0 Å². The van der Waals surface area contributed by atoms with Gasteiger partial charge in [0.05, 0.1) is 0 Å². The van der Waals surface area contributed by atoms with Gasteiger partial charge in [-0.1, -0.05) is 0 Å². The summed E-state index contributed by atoms with van der Waals surface area (Å²) < 4.78 is 12.5. The second-order valence-corrected chi connectivity index (χ2v) is 1.79. The molecule has 0 aliphatic carbocycles. The Kier molecular flexibility index (Phi) is 156. The van der Waals surface area contributed by atoms with E-state index in [0.29, 0.717) is 0 Å². The maximum atomic E-state index is 9.35. The van der Waals surface area contributed by atoms with E-state index in [1.165, 1.54) is 0 Å². The molecule has 0 aliphatic rings. The third-order valence-corrected chi connectivity index (χ3v) is 0.412. The summed E-state index contributed by atoms with van der Waals surface area (Å²) in [6.07, 6.45) is 0. The zero-order valence-electron chi connectivity index (χ0n) is 5.74. The van der Waals surface area contributed by atoms with Crippen molar-refractivity contribution in [2.24, 2.45) is 5.90 Å². The van der Waals surface area contributed by atoms with E-state index in [1.807, 2.05) is 0 Å². The first-order valence-electron chi connectivity index (χ1n) is 1.00. The molecule has 0 rings (SSSR count). The van der Waals surface area contributed by atoms with Crippen molar-refractivity contribution in [2.45, 2.75) is 0 Å². The van der Waals surface area contributed by atoms with Crippen LogP contribution in [0.15, 0.2) is 0 Å². The predicted octanol–water partition coefficient (Wildman–Crippen LogP) is -6.89. The van der Waals surface area contributed by atoms with Crippen molar-refractivity contribution in [3.05, 3.63) is 0 Å². The van der Waals surface area contributed by atoms with Gasteiger partial charge in [-0.05, 0) is 0 Å². The molecule has 13 heavy (non-hydrogen) atoms. The third kappa shape index (κ3) is 109. The molecule has 0 atom stereocenters. The molecule has 0 aromatic heterocycles. The molecule has 0 radical (unpaired) electrons. The van der Waals surface area contributed by atoms with Crippen LogP contribution >= 0.6 is 7.82 Å². The van der Waals surface area contributed by atoms with Gasteiger partial charge in [-0.15, -0.1) is 0 Å². The van der Waals surface area contributed by atoms with E-state index >= 15 is 0 Å². The number of hydrogen-bond acceptors (Lipinski definition) is 3. The molecular weight excluding hydrogens is 229 g/mol. The van der Waals surface area contributed by atoms with Crippen LogP contribution in [0.5, 0.6) is 0 Å². The van der Waals surface area contributed by atoms with Gasteiger partial charge in [-0.25, -0.2) is 15.1 Å². The lowest BCUT2D eigenvalue weighted by Gasteiger charge is -1.92. The Morgan fingerprint density at radius 3 is 1.00 bits per heavy atom. The Bertz CT molecular complexity index is 79.0. The molecule has 0 unspecified atom stereocenters. The third-order valence-electron chi connectivity index (χ3n) is 0.137. The average Bonchev–Trinajstić information content (AvgIpc) is 1.35. The summed E-state index contributed by atoms with van der Waals surface area (Å²) in [5.41, 5.74) is 0.